The second-order valence-corrected chi connectivity index (χ2v) is 9.22. The first-order chi connectivity index (χ1) is 14.1. The van der Waals surface area contributed by atoms with Gasteiger partial charge in [-0.15, -0.1) is 0 Å². The number of amides is 1. The number of carbonyl (C=O) groups is 1. The lowest BCUT2D eigenvalue weighted by molar-refractivity contribution is 0.0270. The molecule has 1 aromatic heterocycles. The van der Waals surface area contributed by atoms with Crippen LogP contribution in [0.25, 0.3) is 0 Å². The van der Waals surface area contributed by atoms with Gasteiger partial charge in [0, 0.05) is 35.7 Å². The van der Waals surface area contributed by atoms with Crippen molar-refractivity contribution in [3.63, 3.8) is 0 Å². The molecule has 4 rings (SSSR count). The number of nitrogens with zero attached hydrogens (tertiary/aromatic N) is 2. The van der Waals surface area contributed by atoms with Gasteiger partial charge in [0.1, 0.15) is 23.8 Å². The molecule has 160 valence electrons. The van der Waals surface area contributed by atoms with Crippen LogP contribution in [-0.4, -0.2) is 34.7 Å². The number of benzene rings is 1. The Hall–Kier alpha value is -2.41. The fraction of sp³-hybridized carbons (Fsp3) is 0.455. The Bertz CT molecular complexity index is 967. The Morgan fingerprint density at radius 1 is 1.17 bits per heavy atom. The minimum atomic E-state index is -0.549. The molecule has 1 aliphatic heterocycles. The third-order valence-corrected chi connectivity index (χ3v) is 5.63. The van der Waals surface area contributed by atoms with E-state index in [9.17, 15) is 13.6 Å². The van der Waals surface area contributed by atoms with Crippen LogP contribution in [0.15, 0.2) is 30.3 Å². The zero-order valence-electron chi connectivity index (χ0n) is 17.0. The maximum absolute atomic E-state index is 14.4. The molecular weight excluding hydrogens is 414 g/mol. The number of likely N-dealkylation sites (tertiary alicyclic amines) is 1. The van der Waals surface area contributed by atoms with E-state index in [1.807, 2.05) is 20.8 Å². The summed E-state index contributed by atoms with van der Waals surface area (Å²) in [6, 6.07) is 7.08. The van der Waals surface area contributed by atoms with Crippen molar-refractivity contribution in [1.29, 1.82) is 0 Å². The van der Waals surface area contributed by atoms with Gasteiger partial charge in [0.2, 0.25) is 5.88 Å². The van der Waals surface area contributed by atoms with Gasteiger partial charge in [-0.2, -0.15) is 0 Å². The number of hydrogen-bond acceptors (Lipinski definition) is 4. The number of rotatable bonds is 4. The highest BCUT2D eigenvalue weighted by Crippen LogP contribution is 2.58. The van der Waals surface area contributed by atoms with Crippen LogP contribution in [0.1, 0.15) is 37.9 Å². The van der Waals surface area contributed by atoms with Crippen LogP contribution >= 0.6 is 11.6 Å². The quantitative estimate of drug-likeness (QED) is 0.663. The molecular formula is C22H23ClF2N2O3. The molecule has 8 heteroatoms. The average molecular weight is 437 g/mol. The van der Waals surface area contributed by atoms with Gasteiger partial charge >= 0.3 is 6.09 Å². The van der Waals surface area contributed by atoms with Crippen LogP contribution in [-0.2, 0) is 11.3 Å². The fourth-order valence-electron chi connectivity index (χ4n) is 3.95. The molecule has 30 heavy (non-hydrogen) atoms. The van der Waals surface area contributed by atoms with Crippen molar-refractivity contribution in [2.24, 2.45) is 11.8 Å². The Kier molecular flexibility index (Phi) is 5.34. The summed E-state index contributed by atoms with van der Waals surface area (Å²) in [5.41, 5.74) is 0.123. The molecule has 1 saturated heterocycles. The van der Waals surface area contributed by atoms with Gasteiger partial charge in [-0.05, 0) is 50.8 Å². The number of fused-ring (bicyclic) bond motifs is 1. The van der Waals surface area contributed by atoms with Crippen molar-refractivity contribution in [1.82, 2.24) is 9.88 Å². The zero-order valence-corrected chi connectivity index (χ0v) is 17.7. The smallest absolute Gasteiger partial charge is 0.410 e. The zero-order chi connectivity index (χ0) is 21.6. The van der Waals surface area contributed by atoms with Gasteiger partial charge in [0.05, 0.1) is 5.69 Å². The van der Waals surface area contributed by atoms with E-state index in [0.29, 0.717) is 29.4 Å². The number of aromatic nitrogens is 1. The second-order valence-electron chi connectivity index (χ2n) is 8.78. The number of carbonyl (C=O) groups excluding carboxylic acids is 1. The standard InChI is InChI=1S/C22H23ClF2N2O3/c1-22(2,3)30-21(28)27-9-14-15(10-27)19(14)20-16(24)6-7-18(26-20)29-11-12-4-5-13(23)8-17(12)25/h4-8,14-15,19H,9-11H2,1-3H3/t14-,15+,19?. The predicted octanol–water partition coefficient (Wildman–Crippen LogP) is 5.17. The van der Waals surface area contributed by atoms with Crippen molar-refractivity contribution < 1.29 is 23.0 Å². The van der Waals surface area contributed by atoms with Crippen LogP contribution in [0.3, 0.4) is 0 Å². The molecule has 1 unspecified atom stereocenters. The molecule has 2 aromatic rings. The molecule has 5 nitrogen and oxygen atoms in total. The van der Waals surface area contributed by atoms with Gasteiger partial charge in [-0.25, -0.2) is 18.6 Å². The van der Waals surface area contributed by atoms with E-state index in [1.54, 1.807) is 17.0 Å². The monoisotopic (exact) mass is 436 g/mol. The van der Waals surface area contributed by atoms with Gasteiger partial charge < -0.3 is 14.4 Å². The third kappa shape index (κ3) is 4.36. The summed E-state index contributed by atoms with van der Waals surface area (Å²) in [4.78, 5) is 18.2. The van der Waals surface area contributed by atoms with Crippen LogP contribution in [0.5, 0.6) is 5.88 Å². The molecule has 0 radical (unpaired) electrons. The summed E-state index contributed by atoms with van der Waals surface area (Å²) in [7, 11) is 0. The first-order valence-corrected chi connectivity index (χ1v) is 10.2. The number of piperidine rings is 1. The Balaban J connectivity index is 1.39. The third-order valence-electron chi connectivity index (χ3n) is 5.40. The van der Waals surface area contributed by atoms with Crippen LogP contribution in [0.4, 0.5) is 13.6 Å². The largest absolute Gasteiger partial charge is 0.473 e. The maximum Gasteiger partial charge on any atom is 0.410 e. The van der Waals surface area contributed by atoms with E-state index in [-0.39, 0.29) is 36.3 Å². The lowest BCUT2D eigenvalue weighted by Crippen LogP contribution is -2.37. The lowest BCUT2D eigenvalue weighted by atomic mass is 10.1. The van der Waals surface area contributed by atoms with Crippen LogP contribution in [0.2, 0.25) is 5.02 Å². The van der Waals surface area contributed by atoms with Gasteiger partial charge in [-0.3, -0.25) is 0 Å². The summed E-state index contributed by atoms with van der Waals surface area (Å²) >= 11 is 5.75. The molecule has 0 spiro atoms. The van der Waals surface area contributed by atoms with E-state index >= 15 is 0 Å². The van der Waals surface area contributed by atoms with Gasteiger partial charge in [0.25, 0.3) is 0 Å². The molecule has 0 N–H and O–H groups in total. The molecule has 2 aliphatic rings. The van der Waals surface area contributed by atoms with Crippen molar-refractivity contribution >= 4 is 17.7 Å². The summed E-state index contributed by atoms with van der Waals surface area (Å²) in [6.45, 7) is 6.48. The van der Waals surface area contributed by atoms with E-state index < -0.39 is 17.2 Å². The Labute approximate surface area is 178 Å². The molecule has 1 saturated carbocycles. The normalized spacial score (nSPS) is 22.6. The summed E-state index contributed by atoms with van der Waals surface area (Å²) < 4.78 is 39.3. The number of ether oxygens (including phenoxy) is 2. The van der Waals surface area contributed by atoms with Gasteiger partial charge in [0.15, 0.2) is 0 Å². The lowest BCUT2D eigenvalue weighted by Gasteiger charge is -2.25. The molecule has 1 aromatic carbocycles. The number of halogens is 3. The van der Waals surface area contributed by atoms with Crippen LogP contribution < -0.4 is 4.74 Å². The minimum absolute atomic E-state index is 0.0367. The topological polar surface area (TPSA) is 51.7 Å². The van der Waals surface area contributed by atoms with E-state index in [2.05, 4.69) is 4.98 Å². The van der Waals surface area contributed by atoms with Crippen molar-refractivity contribution in [2.75, 3.05) is 13.1 Å². The van der Waals surface area contributed by atoms with E-state index in [1.165, 1.54) is 18.2 Å². The molecule has 0 bridgehead atoms. The number of pyridine rings is 1. The molecule has 2 heterocycles. The van der Waals surface area contributed by atoms with E-state index in [4.69, 9.17) is 21.1 Å². The minimum Gasteiger partial charge on any atom is -0.473 e. The average Bonchev–Trinajstić information content (AvgIpc) is 3.13. The molecule has 3 atom stereocenters. The Morgan fingerprint density at radius 3 is 2.50 bits per heavy atom. The van der Waals surface area contributed by atoms with Crippen molar-refractivity contribution in [3.05, 3.63) is 58.2 Å². The van der Waals surface area contributed by atoms with E-state index in [0.717, 1.165) is 0 Å². The van der Waals surface area contributed by atoms with Crippen molar-refractivity contribution in [3.8, 4) is 5.88 Å². The highest BCUT2D eigenvalue weighted by molar-refractivity contribution is 6.30. The Morgan fingerprint density at radius 2 is 1.87 bits per heavy atom. The first-order valence-electron chi connectivity index (χ1n) is 9.83. The molecule has 1 amide bonds. The van der Waals surface area contributed by atoms with Crippen LogP contribution in [0, 0.1) is 23.5 Å². The second kappa shape index (κ2) is 7.69. The highest BCUT2D eigenvalue weighted by atomic mass is 35.5. The SMILES string of the molecule is CC(C)(C)OC(=O)N1C[C@@H]2C(c3nc(OCc4ccc(Cl)cc4F)ccc3F)[C@@H]2C1. The molecule has 1 aliphatic carbocycles. The summed E-state index contributed by atoms with van der Waals surface area (Å²) in [5.74, 6) is -0.381. The predicted molar refractivity (Wildman–Crippen MR) is 107 cm³/mol. The summed E-state index contributed by atoms with van der Waals surface area (Å²) in [6.07, 6.45) is -0.344. The van der Waals surface area contributed by atoms with Gasteiger partial charge in [-0.1, -0.05) is 17.7 Å². The maximum atomic E-state index is 14.4. The summed E-state index contributed by atoms with van der Waals surface area (Å²) in [5, 5.41) is 0.305. The first kappa shape index (κ1) is 20.8. The molecule has 2 fully saturated rings. The van der Waals surface area contributed by atoms with Crippen molar-refractivity contribution in [2.45, 2.75) is 38.9 Å². The fourth-order valence-corrected chi connectivity index (χ4v) is 4.11. The highest BCUT2D eigenvalue weighted by Gasteiger charge is 2.59. The number of hydrogen-bond donors (Lipinski definition) is 0.